The predicted octanol–water partition coefficient (Wildman–Crippen LogP) is 0.381. The number of rotatable bonds is 7. The number of esters is 1. The Kier molecular flexibility index (Phi) is 7.18. The van der Waals surface area contributed by atoms with Crippen LogP contribution in [-0.2, 0) is 19.1 Å². The second kappa shape index (κ2) is 8.89. The SMILES string of the molecule is COC(=O)CNC(=O)CNC(=O)C(Cl)c1ccc(OC)cc1. The van der Waals surface area contributed by atoms with Gasteiger partial charge in [0.25, 0.3) is 0 Å². The first kappa shape index (κ1) is 17.8. The van der Waals surface area contributed by atoms with Crippen LogP contribution in [0.2, 0.25) is 0 Å². The van der Waals surface area contributed by atoms with Gasteiger partial charge in [0.15, 0.2) is 0 Å². The van der Waals surface area contributed by atoms with E-state index in [0.717, 1.165) is 0 Å². The lowest BCUT2D eigenvalue weighted by Gasteiger charge is -2.11. The van der Waals surface area contributed by atoms with E-state index < -0.39 is 23.2 Å². The summed E-state index contributed by atoms with van der Waals surface area (Å²) in [7, 11) is 2.75. The summed E-state index contributed by atoms with van der Waals surface area (Å²) in [5.74, 6) is -0.958. The number of hydrogen-bond acceptors (Lipinski definition) is 5. The van der Waals surface area contributed by atoms with Crippen molar-refractivity contribution in [1.29, 1.82) is 0 Å². The van der Waals surface area contributed by atoms with Crippen LogP contribution >= 0.6 is 11.6 Å². The molecule has 0 fully saturated rings. The summed E-state index contributed by atoms with van der Waals surface area (Å²) in [6, 6.07) is 6.68. The second-order valence-electron chi connectivity index (χ2n) is 4.21. The van der Waals surface area contributed by atoms with Gasteiger partial charge >= 0.3 is 5.97 Å². The molecular weight excluding hydrogens is 312 g/mol. The van der Waals surface area contributed by atoms with E-state index in [0.29, 0.717) is 11.3 Å². The molecule has 7 nitrogen and oxygen atoms in total. The Hall–Kier alpha value is -2.28. The maximum Gasteiger partial charge on any atom is 0.325 e. The molecule has 1 aromatic carbocycles. The number of nitrogens with one attached hydrogen (secondary N) is 2. The summed E-state index contributed by atoms with van der Waals surface area (Å²) in [4.78, 5) is 34.1. The van der Waals surface area contributed by atoms with Crippen molar-refractivity contribution in [3.63, 3.8) is 0 Å². The monoisotopic (exact) mass is 328 g/mol. The highest BCUT2D eigenvalue weighted by Crippen LogP contribution is 2.22. The number of alkyl halides is 1. The van der Waals surface area contributed by atoms with E-state index in [9.17, 15) is 14.4 Å². The molecule has 2 N–H and O–H groups in total. The highest BCUT2D eigenvalue weighted by atomic mass is 35.5. The quantitative estimate of drug-likeness (QED) is 0.557. The van der Waals surface area contributed by atoms with Crippen LogP contribution in [0.4, 0.5) is 0 Å². The summed E-state index contributed by atoms with van der Waals surface area (Å²) < 4.78 is 9.38. The molecule has 1 rings (SSSR count). The number of hydrogen-bond donors (Lipinski definition) is 2. The van der Waals surface area contributed by atoms with Crippen LogP contribution in [0.1, 0.15) is 10.9 Å². The number of ether oxygens (including phenoxy) is 2. The molecule has 0 radical (unpaired) electrons. The van der Waals surface area contributed by atoms with Crippen LogP contribution in [0.5, 0.6) is 5.75 Å². The van der Waals surface area contributed by atoms with Crippen LogP contribution in [0.15, 0.2) is 24.3 Å². The number of carbonyl (C=O) groups excluding carboxylic acids is 3. The molecule has 1 unspecified atom stereocenters. The fourth-order valence-electron chi connectivity index (χ4n) is 1.49. The lowest BCUT2D eigenvalue weighted by atomic mass is 10.1. The number of methoxy groups -OCH3 is 2. The average Bonchev–Trinajstić information content (AvgIpc) is 2.56. The van der Waals surface area contributed by atoms with E-state index in [-0.39, 0.29) is 13.1 Å². The summed E-state index contributed by atoms with van der Waals surface area (Å²) in [6.45, 7) is -0.539. The number of halogens is 1. The van der Waals surface area contributed by atoms with Gasteiger partial charge < -0.3 is 20.1 Å². The van der Waals surface area contributed by atoms with Crippen molar-refractivity contribution in [3.8, 4) is 5.75 Å². The normalized spacial score (nSPS) is 11.2. The molecule has 120 valence electrons. The minimum Gasteiger partial charge on any atom is -0.497 e. The first-order chi connectivity index (χ1) is 10.5. The molecule has 0 aliphatic rings. The largest absolute Gasteiger partial charge is 0.497 e. The first-order valence-corrected chi connectivity index (χ1v) is 6.80. The molecule has 0 spiro atoms. The van der Waals surface area contributed by atoms with Gasteiger partial charge in [-0.05, 0) is 17.7 Å². The third kappa shape index (κ3) is 5.61. The summed E-state index contributed by atoms with van der Waals surface area (Å²) in [5.41, 5.74) is 0.579. The van der Waals surface area contributed by atoms with Crippen molar-refractivity contribution < 1.29 is 23.9 Å². The van der Waals surface area contributed by atoms with E-state index in [2.05, 4.69) is 15.4 Å². The molecule has 0 saturated heterocycles. The molecule has 1 atom stereocenters. The molecule has 0 saturated carbocycles. The van der Waals surface area contributed by atoms with Crippen LogP contribution in [0.3, 0.4) is 0 Å². The molecule has 0 heterocycles. The zero-order valence-electron chi connectivity index (χ0n) is 12.2. The third-order valence-corrected chi connectivity index (χ3v) is 3.17. The maximum atomic E-state index is 11.9. The van der Waals surface area contributed by atoms with Crippen molar-refractivity contribution in [2.45, 2.75) is 5.38 Å². The van der Waals surface area contributed by atoms with Gasteiger partial charge in [0.05, 0.1) is 20.8 Å². The van der Waals surface area contributed by atoms with E-state index in [1.807, 2.05) is 0 Å². The van der Waals surface area contributed by atoms with E-state index in [1.54, 1.807) is 24.3 Å². The summed E-state index contributed by atoms with van der Waals surface area (Å²) in [5, 5.41) is 3.75. The van der Waals surface area contributed by atoms with Gasteiger partial charge in [-0.3, -0.25) is 14.4 Å². The van der Waals surface area contributed by atoms with Gasteiger partial charge in [-0.15, -0.1) is 11.6 Å². The lowest BCUT2D eigenvalue weighted by molar-refractivity contribution is -0.141. The standard InChI is InChI=1S/C14H17ClN2O5/c1-21-10-5-3-9(4-6-10)13(15)14(20)17-7-11(18)16-8-12(19)22-2/h3-6,13H,7-8H2,1-2H3,(H,16,18)(H,17,20). The number of benzene rings is 1. The zero-order valence-corrected chi connectivity index (χ0v) is 13.0. The highest BCUT2D eigenvalue weighted by molar-refractivity contribution is 6.30. The fourth-order valence-corrected chi connectivity index (χ4v) is 1.71. The molecule has 0 bridgehead atoms. The minimum atomic E-state index is -0.931. The van der Waals surface area contributed by atoms with Crippen LogP contribution < -0.4 is 15.4 Å². The molecule has 0 aliphatic heterocycles. The number of carbonyl (C=O) groups is 3. The Bertz CT molecular complexity index is 533. The lowest BCUT2D eigenvalue weighted by Crippen LogP contribution is -2.40. The van der Waals surface area contributed by atoms with Crippen LogP contribution in [0.25, 0.3) is 0 Å². The second-order valence-corrected chi connectivity index (χ2v) is 4.64. The first-order valence-electron chi connectivity index (χ1n) is 6.37. The van der Waals surface area contributed by atoms with Crippen molar-refractivity contribution >= 4 is 29.4 Å². The Balaban J connectivity index is 2.43. The number of amides is 2. The molecule has 0 aromatic heterocycles. The van der Waals surface area contributed by atoms with Gasteiger partial charge in [0.2, 0.25) is 11.8 Å². The fraction of sp³-hybridized carbons (Fsp3) is 0.357. The van der Waals surface area contributed by atoms with Gasteiger partial charge in [-0.25, -0.2) is 0 Å². The Morgan fingerprint density at radius 3 is 2.27 bits per heavy atom. The van der Waals surface area contributed by atoms with E-state index in [1.165, 1.54) is 14.2 Å². The molecular formula is C14H17ClN2O5. The molecule has 1 aromatic rings. The van der Waals surface area contributed by atoms with Gasteiger partial charge in [0, 0.05) is 0 Å². The highest BCUT2D eigenvalue weighted by Gasteiger charge is 2.18. The predicted molar refractivity (Wildman–Crippen MR) is 79.6 cm³/mol. The van der Waals surface area contributed by atoms with Gasteiger partial charge in [0.1, 0.15) is 17.7 Å². The minimum absolute atomic E-state index is 0.256. The third-order valence-electron chi connectivity index (χ3n) is 2.72. The Morgan fingerprint density at radius 1 is 1.09 bits per heavy atom. The van der Waals surface area contributed by atoms with E-state index in [4.69, 9.17) is 16.3 Å². The summed E-state index contributed by atoms with van der Waals surface area (Å²) >= 11 is 6.03. The van der Waals surface area contributed by atoms with Crippen molar-refractivity contribution in [2.24, 2.45) is 0 Å². The molecule has 2 amide bonds. The van der Waals surface area contributed by atoms with Crippen molar-refractivity contribution in [3.05, 3.63) is 29.8 Å². The van der Waals surface area contributed by atoms with Crippen molar-refractivity contribution in [1.82, 2.24) is 10.6 Å². The molecule has 8 heteroatoms. The van der Waals surface area contributed by atoms with Gasteiger partial charge in [-0.2, -0.15) is 0 Å². The molecule has 0 aliphatic carbocycles. The topological polar surface area (TPSA) is 93.7 Å². The average molecular weight is 329 g/mol. The molecule has 22 heavy (non-hydrogen) atoms. The van der Waals surface area contributed by atoms with Gasteiger partial charge in [-0.1, -0.05) is 12.1 Å². The van der Waals surface area contributed by atoms with Crippen LogP contribution in [-0.4, -0.2) is 45.1 Å². The van der Waals surface area contributed by atoms with Crippen LogP contribution in [0, 0.1) is 0 Å². The Morgan fingerprint density at radius 2 is 1.73 bits per heavy atom. The maximum absolute atomic E-state index is 11.9. The van der Waals surface area contributed by atoms with Crippen molar-refractivity contribution in [2.75, 3.05) is 27.3 Å². The Labute approximate surface area is 132 Å². The zero-order chi connectivity index (χ0) is 16.5. The smallest absolute Gasteiger partial charge is 0.325 e. The summed E-state index contributed by atoms with van der Waals surface area (Å²) in [6.07, 6.45) is 0. The van der Waals surface area contributed by atoms with E-state index >= 15 is 0 Å².